The Balaban J connectivity index is 1.83. The number of thioether (sulfide) groups is 1. The van der Waals surface area contributed by atoms with E-state index < -0.39 is 4.92 Å². The molecule has 0 bridgehead atoms. The van der Waals surface area contributed by atoms with Gasteiger partial charge in [0.1, 0.15) is 12.4 Å². The van der Waals surface area contributed by atoms with E-state index >= 15 is 0 Å². The van der Waals surface area contributed by atoms with Crippen LogP contribution in [0.3, 0.4) is 0 Å². The normalized spacial score (nSPS) is 11.6. The summed E-state index contributed by atoms with van der Waals surface area (Å²) >= 11 is 3.18. The Kier molecular flexibility index (Phi) is 5.42. The van der Waals surface area contributed by atoms with Crippen LogP contribution in [-0.4, -0.2) is 29.5 Å². The van der Waals surface area contributed by atoms with Gasteiger partial charge in [-0.05, 0) is 25.8 Å². The van der Waals surface area contributed by atoms with Gasteiger partial charge in [0.25, 0.3) is 0 Å². The topological polar surface area (TPSA) is 91.7 Å². The smallest absolute Gasteiger partial charge is 0.299 e. The lowest BCUT2D eigenvalue weighted by atomic mass is 10.1. The number of hydrogen-bond donors (Lipinski definition) is 0. The van der Waals surface area contributed by atoms with E-state index in [1.807, 2.05) is 0 Å². The average molecular weight is 393 g/mol. The van der Waals surface area contributed by atoms with Gasteiger partial charge < -0.3 is 0 Å². The van der Waals surface area contributed by atoms with Crippen LogP contribution < -0.4 is 0 Å². The highest BCUT2D eigenvalue weighted by molar-refractivity contribution is 7.98. The van der Waals surface area contributed by atoms with Crippen LogP contribution in [0, 0.1) is 10.1 Å². The lowest BCUT2D eigenvalue weighted by Gasteiger charge is -2.13. The van der Waals surface area contributed by atoms with Gasteiger partial charge in [0.15, 0.2) is 11.0 Å². The molecular weight excluding hydrogens is 372 g/mol. The molecule has 0 aromatic carbocycles. The summed E-state index contributed by atoms with van der Waals surface area (Å²) in [5.41, 5.74) is 1.05. The molecule has 0 aliphatic carbocycles. The maximum Gasteiger partial charge on any atom is 0.307 e. The number of aromatic nitrogens is 5. The summed E-state index contributed by atoms with van der Waals surface area (Å²) in [5.74, 6) is 1.75. The molecule has 8 nitrogen and oxygen atoms in total. The van der Waals surface area contributed by atoms with E-state index in [4.69, 9.17) is 0 Å². The Morgan fingerprint density at radius 2 is 2.08 bits per heavy atom. The first-order chi connectivity index (χ1) is 12.4. The third-order valence-electron chi connectivity index (χ3n) is 3.78. The van der Waals surface area contributed by atoms with Gasteiger partial charge in [-0.25, -0.2) is 0 Å². The second-order valence-corrected chi connectivity index (χ2v) is 8.29. The molecule has 0 atom stereocenters. The Morgan fingerprint density at radius 1 is 1.31 bits per heavy atom. The summed E-state index contributed by atoms with van der Waals surface area (Å²) < 4.78 is 3.62. The summed E-state index contributed by atoms with van der Waals surface area (Å²) in [4.78, 5) is 11.6. The molecule has 3 aromatic rings. The summed E-state index contributed by atoms with van der Waals surface area (Å²) in [6.07, 6.45) is 2.66. The number of nitrogens with zero attached hydrogens (tertiary/aromatic N) is 6. The van der Waals surface area contributed by atoms with Crippen LogP contribution in [0.5, 0.6) is 0 Å². The van der Waals surface area contributed by atoms with E-state index in [-0.39, 0.29) is 11.7 Å². The highest BCUT2D eigenvalue weighted by atomic mass is 32.2. The molecule has 0 spiro atoms. The predicted octanol–water partition coefficient (Wildman–Crippen LogP) is 4.57. The average Bonchev–Trinajstić information content (AvgIpc) is 3.30. The SMILES string of the molecule is CC(C)c1cc(-c2nnc(SCn3cc([N+](=O)[O-])cn3)n2C(C)C)cs1. The number of rotatable bonds is 7. The van der Waals surface area contributed by atoms with Gasteiger partial charge in [-0.3, -0.25) is 19.4 Å². The molecule has 10 heteroatoms. The first-order valence-corrected chi connectivity index (χ1v) is 10.1. The molecule has 0 radical (unpaired) electrons. The molecule has 0 saturated carbocycles. The summed E-state index contributed by atoms with van der Waals surface area (Å²) in [6.45, 7) is 8.53. The van der Waals surface area contributed by atoms with Crippen molar-refractivity contribution in [1.29, 1.82) is 0 Å². The molecule has 3 rings (SSSR count). The van der Waals surface area contributed by atoms with Crippen molar-refractivity contribution in [2.75, 3.05) is 0 Å². The molecule has 26 heavy (non-hydrogen) atoms. The largest absolute Gasteiger partial charge is 0.307 e. The summed E-state index contributed by atoms with van der Waals surface area (Å²) in [6, 6.07) is 2.36. The second-order valence-electron chi connectivity index (χ2n) is 6.43. The minimum absolute atomic E-state index is 0.0175. The van der Waals surface area contributed by atoms with E-state index in [0.29, 0.717) is 11.8 Å². The number of thiophene rings is 1. The molecule has 0 aliphatic rings. The van der Waals surface area contributed by atoms with Gasteiger partial charge in [0, 0.05) is 21.9 Å². The van der Waals surface area contributed by atoms with Crippen molar-refractivity contribution in [2.24, 2.45) is 0 Å². The molecule has 0 aliphatic heterocycles. The Labute approximate surface area is 159 Å². The quantitative estimate of drug-likeness (QED) is 0.332. The van der Waals surface area contributed by atoms with Crippen molar-refractivity contribution in [3.63, 3.8) is 0 Å². The zero-order valence-electron chi connectivity index (χ0n) is 15.0. The predicted molar refractivity (Wildman–Crippen MR) is 103 cm³/mol. The first kappa shape index (κ1) is 18.6. The fourth-order valence-corrected chi connectivity index (χ4v) is 4.28. The maximum absolute atomic E-state index is 10.8. The van der Waals surface area contributed by atoms with E-state index in [2.05, 4.69) is 59.0 Å². The summed E-state index contributed by atoms with van der Waals surface area (Å²) in [7, 11) is 0. The minimum Gasteiger partial charge on any atom is -0.299 e. The van der Waals surface area contributed by atoms with E-state index in [1.165, 1.54) is 33.7 Å². The monoisotopic (exact) mass is 392 g/mol. The molecular formula is C16H20N6O2S2. The van der Waals surface area contributed by atoms with Crippen molar-refractivity contribution in [3.8, 4) is 11.4 Å². The molecule has 0 unspecified atom stereocenters. The van der Waals surface area contributed by atoms with E-state index in [9.17, 15) is 10.1 Å². The Bertz CT molecular complexity index is 912. The molecule has 0 N–H and O–H groups in total. The van der Waals surface area contributed by atoms with Gasteiger partial charge >= 0.3 is 5.69 Å². The van der Waals surface area contributed by atoms with Crippen molar-refractivity contribution in [1.82, 2.24) is 24.5 Å². The van der Waals surface area contributed by atoms with Crippen LogP contribution in [-0.2, 0) is 5.88 Å². The highest BCUT2D eigenvalue weighted by Gasteiger charge is 2.19. The van der Waals surface area contributed by atoms with Gasteiger partial charge in [-0.15, -0.1) is 21.5 Å². The number of hydrogen-bond acceptors (Lipinski definition) is 7. The van der Waals surface area contributed by atoms with E-state index in [0.717, 1.165) is 16.5 Å². The van der Waals surface area contributed by atoms with Crippen molar-refractivity contribution >= 4 is 28.8 Å². The van der Waals surface area contributed by atoms with Crippen molar-refractivity contribution in [2.45, 2.75) is 50.7 Å². The highest BCUT2D eigenvalue weighted by Crippen LogP contribution is 2.33. The Morgan fingerprint density at radius 3 is 2.65 bits per heavy atom. The van der Waals surface area contributed by atoms with Crippen LogP contribution in [0.2, 0.25) is 0 Å². The maximum atomic E-state index is 10.8. The Hall–Kier alpha value is -2.20. The van der Waals surface area contributed by atoms with E-state index in [1.54, 1.807) is 11.3 Å². The van der Waals surface area contributed by atoms with Crippen LogP contribution in [0.1, 0.15) is 44.5 Å². The summed E-state index contributed by atoms with van der Waals surface area (Å²) in [5, 5.41) is 26.4. The van der Waals surface area contributed by atoms with Gasteiger partial charge in [-0.2, -0.15) is 5.10 Å². The zero-order valence-corrected chi connectivity index (χ0v) is 16.6. The molecule has 138 valence electrons. The van der Waals surface area contributed by atoms with Crippen molar-refractivity contribution in [3.05, 3.63) is 38.8 Å². The third-order valence-corrected chi connectivity index (χ3v) is 5.95. The fourth-order valence-electron chi connectivity index (χ4n) is 2.45. The second kappa shape index (κ2) is 7.58. The third kappa shape index (κ3) is 3.80. The lowest BCUT2D eigenvalue weighted by molar-refractivity contribution is -0.385. The molecule has 0 fully saturated rings. The van der Waals surface area contributed by atoms with Crippen LogP contribution >= 0.6 is 23.1 Å². The molecule has 0 saturated heterocycles. The van der Waals surface area contributed by atoms with Crippen LogP contribution in [0.25, 0.3) is 11.4 Å². The molecule has 3 heterocycles. The van der Waals surface area contributed by atoms with Gasteiger partial charge in [0.2, 0.25) is 0 Å². The fraction of sp³-hybridized carbons (Fsp3) is 0.438. The number of nitro groups is 1. The van der Waals surface area contributed by atoms with Gasteiger partial charge in [-0.1, -0.05) is 25.6 Å². The standard InChI is InChI=1S/C16H20N6O2S2/c1-10(2)14-5-12(8-25-14)15-18-19-16(21(15)11(3)4)26-9-20-7-13(6-17-20)22(23)24/h5-8,10-11H,9H2,1-4H3. The van der Waals surface area contributed by atoms with Crippen molar-refractivity contribution < 1.29 is 4.92 Å². The first-order valence-electron chi connectivity index (χ1n) is 8.20. The minimum atomic E-state index is -0.453. The van der Waals surface area contributed by atoms with Crippen LogP contribution in [0.15, 0.2) is 29.0 Å². The molecule has 3 aromatic heterocycles. The lowest BCUT2D eigenvalue weighted by Crippen LogP contribution is -2.05. The molecule has 0 amide bonds. The van der Waals surface area contributed by atoms with Gasteiger partial charge in [0.05, 0.1) is 10.8 Å². The van der Waals surface area contributed by atoms with Crippen LogP contribution in [0.4, 0.5) is 5.69 Å². The zero-order chi connectivity index (χ0) is 18.8.